The van der Waals surface area contributed by atoms with Crippen LogP contribution in [0.1, 0.15) is 32.6 Å². The number of Topliss-reactive ketones (excluding diaryl/α,β-unsaturated/α-hetero) is 1. The van der Waals surface area contributed by atoms with Crippen molar-refractivity contribution in [1.82, 2.24) is 10.2 Å². The van der Waals surface area contributed by atoms with Gasteiger partial charge in [0.2, 0.25) is 5.91 Å². The zero-order chi connectivity index (χ0) is 11.7. The highest BCUT2D eigenvalue weighted by molar-refractivity contribution is 5.85. The maximum Gasteiger partial charge on any atom is 0.223 e. The van der Waals surface area contributed by atoms with Gasteiger partial charge in [-0.05, 0) is 13.5 Å². The SMILES string of the molecule is CCCCC(=O)CN(C)C(=O)CCNC. The summed E-state index contributed by atoms with van der Waals surface area (Å²) in [5.41, 5.74) is 0. The van der Waals surface area contributed by atoms with Crippen LogP contribution in [0.5, 0.6) is 0 Å². The molecule has 0 aliphatic heterocycles. The van der Waals surface area contributed by atoms with Crippen LogP contribution < -0.4 is 5.32 Å². The number of nitrogens with zero attached hydrogens (tertiary/aromatic N) is 1. The van der Waals surface area contributed by atoms with Crippen molar-refractivity contribution in [3.05, 3.63) is 0 Å². The van der Waals surface area contributed by atoms with E-state index in [2.05, 4.69) is 12.2 Å². The maximum atomic E-state index is 11.4. The second kappa shape index (κ2) is 8.41. The van der Waals surface area contributed by atoms with Crippen LogP contribution in [0.3, 0.4) is 0 Å². The second-order valence-electron chi connectivity index (χ2n) is 3.75. The van der Waals surface area contributed by atoms with Crippen LogP contribution in [0.25, 0.3) is 0 Å². The number of nitrogens with one attached hydrogen (secondary N) is 1. The van der Waals surface area contributed by atoms with Crippen molar-refractivity contribution in [2.24, 2.45) is 0 Å². The molecule has 15 heavy (non-hydrogen) atoms. The highest BCUT2D eigenvalue weighted by Crippen LogP contribution is 1.98. The molecule has 0 fully saturated rings. The molecule has 0 saturated carbocycles. The van der Waals surface area contributed by atoms with Gasteiger partial charge < -0.3 is 10.2 Å². The minimum atomic E-state index is 0.0224. The van der Waals surface area contributed by atoms with E-state index in [0.29, 0.717) is 19.4 Å². The fourth-order valence-electron chi connectivity index (χ4n) is 1.23. The van der Waals surface area contributed by atoms with Crippen LogP contribution in [0.4, 0.5) is 0 Å². The van der Waals surface area contributed by atoms with E-state index < -0.39 is 0 Å². The average Bonchev–Trinajstić information content (AvgIpc) is 2.22. The first kappa shape index (κ1) is 14.1. The molecule has 0 rings (SSSR count). The molecule has 0 bridgehead atoms. The predicted octanol–water partition coefficient (Wildman–Crippen LogP) is 0.814. The number of rotatable bonds is 8. The molecule has 0 spiro atoms. The second-order valence-corrected chi connectivity index (χ2v) is 3.75. The van der Waals surface area contributed by atoms with Crippen LogP contribution in [-0.4, -0.2) is 43.8 Å². The molecule has 0 aliphatic rings. The van der Waals surface area contributed by atoms with Gasteiger partial charge in [0.1, 0.15) is 0 Å². The van der Waals surface area contributed by atoms with Gasteiger partial charge in [-0.1, -0.05) is 13.3 Å². The Hall–Kier alpha value is -0.900. The van der Waals surface area contributed by atoms with Crippen LogP contribution in [0.15, 0.2) is 0 Å². The van der Waals surface area contributed by atoms with Gasteiger partial charge in [-0.3, -0.25) is 9.59 Å². The van der Waals surface area contributed by atoms with E-state index in [1.165, 1.54) is 4.90 Å². The molecule has 0 saturated heterocycles. The molecule has 4 heteroatoms. The third-order valence-electron chi connectivity index (χ3n) is 2.24. The number of carbonyl (C=O) groups is 2. The number of ketones is 1. The van der Waals surface area contributed by atoms with Gasteiger partial charge in [-0.15, -0.1) is 0 Å². The molecule has 0 radical (unpaired) electrons. The third kappa shape index (κ3) is 7.08. The summed E-state index contributed by atoms with van der Waals surface area (Å²) in [6.45, 7) is 2.96. The Kier molecular flexibility index (Phi) is 7.91. The number of likely N-dealkylation sites (N-methyl/N-ethyl adjacent to an activating group) is 1. The summed E-state index contributed by atoms with van der Waals surface area (Å²) in [6, 6.07) is 0. The van der Waals surface area contributed by atoms with Crippen LogP contribution in [0.2, 0.25) is 0 Å². The highest BCUT2D eigenvalue weighted by atomic mass is 16.2. The zero-order valence-electron chi connectivity index (χ0n) is 10.0. The van der Waals surface area contributed by atoms with E-state index in [-0.39, 0.29) is 18.2 Å². The van der Waals surface area contributed by atoms with E-state index >= 15 is 0 Å². The van der Waals surface area contributed by atoms with Crippen molar-refractivity contribution in [2.45, 2.75) is 32.6 Å². The van der Waals surface area contributed by atoms with Gasteiger partial charge in [0.15, 0.2) is 5.78 Å². The monoisotopic (exact) mass is 214 g/mol. The van der Waals surface area contributed by atoms with Crippen molar-refractivity contribution >= 4 is 11.7 Å². The standard InChI is InChI=1S/C11H22N2O2/c1-4-5-6-10(14)9-13(3)11(15)7-8-12-2/h12H,4-9H2,1-3H3. The van der Waals surface area contributed by atoms with E-state index in [1.807, 2.05) is 0 Å². The largest absolute Gasteiger partial charge is 0.338 e. The third-order valence-corrected chi connectivity index (χ3v) is 2.24. The molecule has 0 unspecified atom stereocenters. The van der Waals surface area contributed by atoms with Gasteiger partial charge in [0.25, 0.3) is 0 Å². The summed E-state index contributed by atoms with van der Waals surface area (Å²) in [6.07, 6.45) is 2.97. The van der Waals surface area contributed by atoms with Gasteiger partial charge in [0, 0.05) is 26.4 Å². The smallest absolute Gasteiger partial charge is 0.223 e. The lowest BCUT2D eigenvalue weighted by Gasteiger charge is -2.16. The summed E-state index contributed by atoms with van der Waals surface area (Å²) in [4.78, 5) is 24.3. The molecular weight excluding hydrogens is 192 g/mol. The van der Waals surface area contributed by atoms with Crippen LogP contribution >= 0.6 is 0 Å². The van der Waals surface area contributed by atoms with Gasteiger partial charge >= 0.3 is 0 Å². The molecule has 0 aromatic rings. The number of amides is 1. The Balaban J connectivity index is 3.75. The number of hydrogen-bond donors (Lipinski definition) is 1. The predicted molar refractivity (Wildman–Crippen MR) is 60.7 cm³/mol. The maximum absolute atomic E-state index is 11.4. The lowest BCUT2D eigenvalue weighted by molar-refractivity contribution is -0.134. The summed E-state index contributed by atoms with van der Waals surface area (Å²) in [5, 5.41) is 2.91. The van der Waals surface area contributed by atoms with Gasteiger partial charge in [-0.2, -0.15) is 0 Å². The lowest BCUT2D eigenvalue weighted by atomic mass is 10.2. The Morgan fingerprint density at radius 3 is 2.47 bits per heavy atom. The quantitative estimate of drug-likeness (QED) is 0.650. The van der Waals surface area contributed by atoms with Gasteiger partial charge in [0.05, 0.1) is 6.54 Å². The first-order chi connectivity index (χ1) is 7.11. The van der Waals surface area contributed by atoms with Crippen LogP contribution in [0, 0.1) is 0 Å². The fraction of sp³-hybridized carbons (Fsp3) is 0.818. The van der Waals surface area contributed by atoms with Crippen LogP contribution in [-0.2, 0) is 9.59 Å². The Morgan fingerprint density at radius 1 is 1.27 bits per heavy atom. The Morgan fingerprint density at radius 2 is 1.93 bits per heavy atom. The van der Waals surface area contributed by atoms with E-state index in [9.17, 15) is 9.59 Å². The molecule has 0 aromatic carbocycles. The van der Waals surface area contributed by atoms with Crippen molar-refractivity contribution in [2.75, 3.05) is 27.2 Å². The number of carbonyl (C=O) groups excluding carboxylic acids is 2. The van der Waals surface area contributed by atoms with Crippen molar-refractivity contribution in [3.8, 4) is 0 Å². The fourth-order valence-corrected chi connectivity index (χ4v) is 1.23. The molecule has 0 aromatic heterocycles. The minimum Gasteiger partial charge on any atom is -0.338 e. The van der Waals surface area contributed by atoms with Crippen molar-refractivity contribution in [3.63, 3.8) is 0 Å². The minimum absolute atomic E-state index is 0.0224. The summed E-state index contributed by atoms with van der Waals surface area (Å²) in [5.74, 6) is 0.173. The van der Waals surface area contributed by atoms with Crippen molar-refractivity contribution in [1.29, 1.82) is 0 Å². The molecule has 0 aliphatic carbocycles. The topological polar surface area (TPSA) is 49.4 Å². The van der Waals surface area contributed by atoms with Gasteiger partial charge in [-0.25, -0.2) is 0 Å². The first-order valence-corrected chi connectivity index (χ1v) is 5.52. The summed E-state index contributed by atoms with van der Waals surface area (Å²) >= 11 is 0. The van der Waals surface area contributed by atoms with E-state index in [4.69, 9.17) is 0 Å². The molecule has 0 atom stereocenters. The number of unbranched alkanes of at least 4 members (excludes halogenated alkanes) is 1. The summed E-state index contributed by atoms with van der Waals surface area (Å²) < 4.78 is 0. The number of hydrogen-bond acceptors (Lipinski definition) is 3. The van der Waals surface area contributed by atoms with E-state index in [0.717, 1.165) is 12.8 Å². The Bertz CT molecular complexity index is 205. The highest BCUT2D eigenvalue weighted by Gasteiger charge is 2.11. The molecule has 88 valence electrons. The van der Waals surface area contributed by atoms with E-state index in [1.54, 1.807) is 14.1 Å². The molecule has 1 amide bonds. The zero-order valence-corrected chi connectivity index (χ0v) is 10.0. The Labute approximate surface area is 92.0 Å². The lowest BCUT2D eigenvalue weighted by Crippen LogP contribution is -2.33. The normalized spacial score (nSPS) is 10.1. The average molecular weight is 214 g/mol. The summed E-state index contributed by atoms with van der Waals surface area (Å²) in [7, 11) is 3.49. The molecule has 0 heterocycles. The molecule has 1 N–H and O–H groups in total. The molecular formula is C11H22N2O2. The first-order valence-electron chi connectivity index (χ1n) is 5.52. The van der Waals surface area contributed by atoms with Crippen molar-refractivity contribution < 1.29 is 9.59 Å². The molecule has 4 nitrogen and oxygen atoms in total.